The molecule has 4 aliphatic heterocycles. The largest absolute Gasteiger partial charge is 0.361 e. The van der Waals surface area contributed by atoms with Gasteiger partial charge in [0, 0.05) is 42.7 Å². The number of amides is 3. The molecular weight excluding hydrogens is 622 g/mol. The molecule has 3 amide bonds. The third kappa shape index (κ3) is 4.66. The van der Waals surface area contributed by atoms with Gasteiger partial charge in [-0.3, -0.25) is 28.9 Å². The van der Waals surface area contributed by atoms with Gasteiger partial charge in [0.25, 0.3) is 21.9 Å². The number of rotatable bonds is 6. The Bertz CT molecular complexity index is 1960. The fourth-order valence-electron chi connectivity index (χ4n) is 8.42. The van der Waals surface area contributed by atoms with Crippen molar-refractivity contribution in [1.29, 1.82) is 0 Å². The Morgan fingerprint density at radius 1 is 1.15 bits per heavy atom. The van der Waals surface area contributed by atoms with Crippen LogP contribution in [0.5, 0.6) is 0 Å². The van der Waals surface area contributed by atoms with Crippen LogP contribution in [0.1, 0.15) is 36.5 Å². The van der Waals surface area contributed by atoms with Crippen LogP contribution in [0.3, 0.4) is 0 Å². The lowest BCUT2D eigenvalue weighted by Crippen LogP contribution is -2.72. The predicted molar refractivity (Wildman–Crippen MR) is 172 cm³/mol. The quantitative estimate of drug-likeness (QED) is 0.383. The molecule has 5 heterocycles. The smallest absolute Gasteiger partial charge is 0.294 e. The molecule has 2 aromatic carbocycles. The molecule has 2 N–H and O–H groups in total. The molecule has 13 heteroatoms. The molecule has 47 heavy (non-hydrogen) atoms. The molecule has 0 saturated carbocycles. The molecule has 3 saturated heterocycles. The Kier molecular flexibility index (Phi) is 6.76. The van der Waals surface area contributed by atoms with Gasteiger partial charge in [0.2, 0.25) is 17.5 Å². The van der Waals surface area contributed by atoms with Crippen molar-refractivity contribution >= 4 is 44.3 Å². The van der Waals surface area contributed by atoms with Crippen LogP contribution in [0, 0.1) is 5.92 Å². The van der Waals surface area contributed by atoms with Crippen LogP contribution in [0.15, 0.2) is 60.8 Å². The Morgan fingerprint density at radius 2 is 1.94 bits per heavy atom. The Hall–Kier alpha value is -4.04. The maximum Gasteiger partial charge on any atom is 0.294 e. The van der Waals surface area contributed by atoms with Gasteiger partial charge in [0.15, 0.2) is 0 Å². The summed E-state index contributed by atoms with van der Waals surface area (Å²) in [5, 5.41) is 3.99. The molecule has 1 aliphatic carbocycles. The van der Waals surface area contributed by atoms with Crippen molar-refractivity contribution in [3.8, 4) is 0 Å². The maximum atomic E-state index is 14.5. The topological polar surface area (TPSA) is 141 Å². The van der Waals surface area contributed by atoms with Gasteiger partial charge in [-0.2, -0.15) is 8.42 Å². The third-order valence-corrected chi connectivity index (χ3v) is 10.9. The first kappa shape index (κ1) is 30.3. The first-order valence-corrected chi connectivity index (χ1v) is 17.8. The molecule has 12 nitrogen and oxygen atoms in total. The third-order valence-electron chi connectivity index (χ3n) is 10.4. The highest BCUT2D eigenvalue weighted by atomic mass is 32.2. The van der Waals surface area contributed by atoms with Gasteiger partial charge >= 0.3 is 0 Å². The lowest BCUT2D eigenvalue weighted by atomic mass is 9.79. The van der Waals surface area contributed by atoms with Gasteiger partial charge in [-0.1, -0.05) is 48.5 Å². The SMILES string of the molecule is CN1C[C@H](C(=O)N[C@]2(C)O[C@@]3(OS(C)(=O)=O)[C@@H]4CCCN4C(=O)[C@H](Cc4ccccc4)N3C2=O)C=C2c3cccc4[nH]cc(c34)C[C@H]21. The number of likely N-dealkylation sites (N-methyl/N-ethyl adjacent to an activating group) is 1. The summed E-state index contributed by atoms with van der Waals surface area (Å²) in [6.07, 6.45) is 6.78. The number of carbonyl (C=O) groups is 3. The van der Waals surface area contributed by atoms with E-state index in [1.807, 2.05) is 61.8 Å². The van der Waals surface area contributed by atoms with Crippen molar-refractivity contribution in [2.45, 2.75) is 62.4 Å². The number of nitrogens with one attached hydrogen (secondary N) is 2. The molecular formula is C34H37N5O7S. The van der Waals surface area contributed by atoms with E-state index in [9.17, 15) is 22.8 Å². The number of ether oxygens (including phenoxy) is 1. The number of carbonyl (C=O) groups excluding carboxylic acids is 3. The van der Waals surface area contributed by atoms with Crippen molar-refractivity contribution in [1.82, 2.24) is 25.0 Å². The molecule has 3 fully saturated rings. The monoisotopic (exact) mass is 659 g/mol. The van der Waals surface area contributed by atoms with Crippen LogP contribution in [-0.2, 0) is 46.3 Å². The molecule has 1 aromatic heterocycles. The summed E-state index contributed by atoms with van der Waals surface area (Å²) in [6.45, 7) is 2.19. The molecule has 6 atom stereocenters. The number of aromatic amines is 1. The van der Waals surface area contributed by atoms with Gasteiger partial charge in [-0.25, -0.2) is 4.18 Å². The highest BCUT2D eigenvalue weighted by Crippen LogP contribution is 2.49. The zero-order valence-electron chi connectivity index (χ0n) is 26.4. The predicted octanol–water partition coefficient (Wildman–Crippen LogP) is 1.97. The van der Waals surface area contributed by atoms with Crippen molar-refractivity contribution in [2.24, 2.45) is 5.92 Å². The van der Waals surface area contributed by atoms with Crippen LogP contribution in [0.25, 0.3) is 16.5 Å². The maximum absolute atomic E-state index is 14.5. The summed E-state index contributed by atoms with van der Waals surface area (Å²) in [5.41, 5.74) is 3.16. The Morgan fingerprint density at radius 3 is 2.70 bits per heavy atom. The fourth-order valence-corrected chi connectivity index (χ4v) is 9.08. The molecule has 0 radical (unpaired) electrons. The second kappa shape index (κ2) is 10.5. The fraction of sp³-hybridized carbons (Fsp3) is 0.441. The number of aromatic nitrogens is 1. The van der Waals surface area contributed by atoms with Gasteiger partial charge < -0.3 is 15.2 Å². The number of benzene rings is 2. The summed E-state index contributed by atoms with van der Waals surface area (Å²) in [6, 6.07) is 13.4. The Balaban J connectivity index is 1.16. The minimum absolute atomic E-state index is 0.0893. The zero-order chi connectivity index (χ0) is 32.9. The highest BCUT2D eigenvalue weighted by Gasteiger charge is 2.72. The van der Waals surface area contributed by atoms with Crippen molar-refractivity contribution in [3.05, 3.63) is 77.5 Å². The lowest BCUT2D eigenvalue weighted by molar-refractivity contribution is -0.297. The minimum atomic E-state index is -4.21. The lowest BCUT2D eigenvalue weighted by Gasteiger charge is -2.50. The summed E-state index contributed by atoms with van der Waals surface area (Å²) >= 11 is 0. The number of piperazine rings is 1. The van der Waals surface area contributed by atoms with Gasteiger partial charge in [0.1, 0.15) is 12.1 Å². The van der Waals surface area contributed by atoms with E-state index >= 15 is 0 Å². The van der Waals surface area contributed by atoms with Gasteiger partial charge in [0.05, 0.1) is 12.2 Å². The van der Waals surface area contributed by atoms with Crippen LogP contribution in [-0.4, -0.2) is 102 Å². The van der Waals surface area contributed by atoms with Crippen LogP contribution >= 0.6 is 0 Å². The van der Waals surface area contributed by atoms with E-state index in [2.05, 4.69) is 21.3 Å². The average Bonchev–Trinajstić information content (AvgIpc) is 3.73. The van der Waals surface area contributed by atoms with E-state index in [4.69, 9.17) is 8.92 Å². The first-order chi connectivity index (χ1) is 22.4. The summed E-state index contributed by atoms with van der Waals surface area (Å²) in [7, 11) is -2.23. The van der Waals surface area contributed by atoms with Crippen molar-refractivity contribution < 1.29 is 31.7 Å². The van der Waals surface area contributed by atoms with E-state index in [1.54, 1.807) is 4.90 Å². The zero-order valence-corrected chi connectivity index (χ0v) is 27.2. The van der Waals surface area contributed by atoms with E-state index in [0.29, 0.717) is 25.9 Å². The minimum Gasteiger partial charge on any atom is -0.361 e. The first-order valence-electron chi connectivity index (χ1n) is 16.0. The second-order valence-electron chi connectivity index (χ2n) is 13.5. The number of nitrogens with zero attached hydrogens (tertiary/aromatic N) is 3. The van der Waals surface area contributed by atoms with E-state index in [-0.39, 0.29) is 18.4 Å². The standard InChI is InChI=1S/C34H37N5O7S/c1-33(36-30(40)22-16-24-23-11-7-12-25-29(23)21(18-35-25)17-26(24)37(2)19-22)32(42)39-27(15-20-9-5-4-6-10-20)31(41)38-14-8-13-28(38)34(39,45-33)46-47(3,43)44/h4-7,9-12,16,18,22,26-28,35H,8,13-15,17,19H2,1-3H3,(H,36,40)/t22-,26-,27+,28+,33-,34-/m1/s1. The molecule has 0 spiro atoms. The summed E-state index contributed by atoms with van der Waals surface area (Å²) < 4.78 is 37.9. The van der Waals surface area contributed by atoms with Crippen LogP contribution < -0.4 is 5.32 Å². The molecule has 3 aromatic rings. The molecule has 246 valence electrons. The Labute approximate surface area is 272 Å². The second-order valence-corrected chi connectivity index (χ2v) is 15.1. The molecule has 0 unspecified atom stereocenters. The molecule has 8 rings (SSSR count). The van der Waals surface area contributed by atoms with E-state index < -0.39 is 51.6 Å². The number of fused-ring (bicyclic) bond motifs is 5. The van der Waals surface area contributed by atoms with Gasteiger partial charge in [-0.05, 0) is 61.6 Å². The van der Waals surface area contributed by atoms with Crippen molar-refractivity contribution in [3.63, 3.8) is 0 Å². The van der Waals surface area contributed by atoms with E-state index in [0.717, 1.165) is 45.2 Å². The number of hydrogen-bond donors (Lipinski definition) is 2. The van der Waals surface area contributed by atoms with Crippen molar-refractivity contribution in [2.75, 3.05) is 26.4 Å². The van der Waals surface area contributed by atoms with Crippen LogP contribution in [0.4, 0.5) is 0 Å². The molecule has 5 aliphatic rings. The molecule has 0 bridgehead atoms. The normalized spacial score (nSPS) is 31.9. The summed E-state index contributed by atoms with van der Waals surface area (Å²) in [4.78, 5) is 50.9. The van der Waals surface area contributed by atoms with E-state index in [1.165, 1.54) is 12.5 Å². The number of H-pyrrole nitrogens is 1. The van der Waals surface area contributed by atoms with Gasteiger partial charge in [-0.15, -0.1) is 0 Å². The van der Waals surface area contributed by atoms with Crippen LogP contribution in [0.2, 0.25) is 0 Å². The highest BCUT2D eigenvalue weighted by molar-refractivity contribution is 7.86. The average molecular weight is 660 g/mol. The number of hydrogen-bond acceptors (Lipinski definition) is 8. The summed E-state index contributed by atoms with van der Waals surface area (Å²) in [5.74, 6) is -4.27.